The molecular weight excluding hydrogens is 335 g/mol. The third-order valence-electron chi connectivity index (χ3n) is 4.50. The molecule has 26 heavy (non-hydrogen) atoms. The maximum absolute atomic E-state index is 13.2. The first-order valence-corrected chi connectivity index (χ1v) is 8.29. The van der Waals surface area contributed by atoms with Gasteiger partial charge in [-0.05, 0) is 61.7 Å². The first-order chi connectivity index (χ1) is 12.3. The fourth-order valence-corrected chi connectivity index (χ4v) is 3.10. The Bertz CT molecular complexity index is 902. The van der Waals surface area contributed by atoms with E-state index in [0.29, 0.717) is 35.5 Å². The molecule has 2 aromatic carbocycles. The van der Waals surface area contributed by atoms with Crippen molar-refractivity contribution in [1.82, 2.24) is 0 Å². The minimum Gasteiger partial charge on any atom is -0.490 e. The second-order valence-electron chi connectivity index (χ2n) is 6.59. The van der Waals surface area contributed by atoms with E-state index in [9.17, 15) is 19.6 Å². The van der Waals surface area contributed by atoms with E-state index < -0.39 is 11.5 Å². The number of carbonyl (C=O) groups excluding carboxylic acids is 1. The van der Waals surface area contributed by atoms with Gasteiger partial charge in [-0.15, -0.1) is 0 Å². The highest BCUT2D eigenvalue weighted by molar-refractivity contribution is 6.01. The Morgan fingerprint density at radius 3 is 2.88 bits per heavy atom. The number of ether oxygens (including phenoxy) is 1. The van der Waals surface area contributed by atoms with Gasteiger partial charge in [0.1, 0.15) is 18.2 Å². The van der Waals surface area contributed by atoms with E-state index in [1.165, 1.54) is 30.0 Å². The molecule has 0 spiro atoms. The van der Waals surface area contributed by atoms with Crippen LogP contribution in [0.1, 0.15) is 23.6 Å². The van der Waals surface area contributed by atoms with E-state index in [4.69, 9.17) is 4.74 Å². The van der Waals surface area contributed by atoms with Crippen LogP contribution in [0, 0.1) is 24.1 Å². The van der Waals surface area contributed by atoms with Crippen LogP contribution in [0.4, 0.5) is 10.1 Å². The minimum absolute atomic E-state index is 0.262. The lowest BCUT2D eigenvalue weighted by molar-refractivity contribution is -0.137. The Morgan fingerprint density at radius 1 is 1.42 bits per heavy atom. The molecule has 0 radical (unpaired) electrons. The molecule has 134 valence electrons. The summed E-state index contributed by atoms with van der Waals surface area (Å²) >= 11 is 0. The van der Waals surface area contributed by atoms with Crippen molar-refractivity contribution in [2.24, 2.45) is 0 Å². The number of nitriles is 1. The number of benzene rings is 2. The SMILES string of the molecule is Cc1cc(F)ccc1OC[C@](C)(O)C(=O)N1CCc2c(C#N)cccc21. The number of aryl methyl sites for hydroxylation is 1. The maximum Gasteiger partial charge on any atom is 0.262 e. The van der Waals surface area contributed by atoms with Crippen LogP contribution in [0.15, 0.2) is 36.4 Å². The second kappa shape index (κ2) is 6.77. The summed E-state index contributed by atoms with van der Waals surface area (Å²) in [6, 6.07) is 11.4. The molecule has 1 heterocycles. The molecule has 6 heteroatoms. The van der Waals surface area contributed by atoms with Crippen LogP contribution >= 0.6 is 0 Å². The van der Waals surface area contributed by atoms with Crippen molar-refractivity contribution in [3.05, 3.63) is 58.9 Å². The van der Waals surface area contributed by atoms with Gasteiger partial charge in [-0.3, -0.25) is 4.79 Å². The first kappa shape index (κ1) is 17.9. The molecule has 0 bridgehead atoms. The lowest BCUT2D eigenvalue weighted by Gasteiger charge is -2.28. The lowest BCUT2D eigenvalue weighted by atomic mass is 10.0. The van der Waals surface area contributed by atoms with E-state index in [0.717, 1.165) is 5.56 Å². The van der Waals surface area contributed by atoms with Crippen LogP contribution in [0.5, 0.6) is 5.75 Å². The third kappa shape index (κ3) is 3.26. The summed E-state index contributed by atoms with van der Waals surface area (Å²) in [7, 11) is 0. The normalized spacial score (nSPS) is 15.1. The molecule has 5 nitrogen and oxygen atoms in total. The fourth-order valence-electron chi connectivity index (χ4n) is 3.10. The number of rotatable bonds is 4. The Labute approximate surface area is 151 Å². The number of hydrogen-bond acceptors (Lipinski definition) is 4. The molecule has 1 aliphatic heterocycles. The van der Waals surface area contributed by atoms with Gasteiger partial charge in [-0.1, -0.05) is 6.07 Å². The highest BCUT2D eigenvalue weighted by Gasteiger charge is 2.39. The first-order valence-electron chi connectivity index (χ1n) is 8.29. The zero-order chi connectivity index (χ0) is 18.9. The van der Waals surface area contributed by atoms with Gasteiger partial charge in [0.25, 0.3) is 5.91 Å². The highest BCUT2D eigenvalue weighted by Crippen LogP contribution is 2.32. The molecule has 0 aromatic heterocycles. The Hall–Kier alpha value is -2.91. The Balaban J connectivity index is 1.77. The molecule has 1 atom stereocenters. The molecule has 0 saturated heterocycles. The zero-order valence-corrected chi connectivity index (χ0v) is 14.6. The van der Waals surface area contributed by atoms with Crippen LogP contribution in [-0.4, -0.2) is 29.8 Å². The number of carbonyl (C=O) groups is 1. The number of amides is 1. The molecule has 0 saturated carbocycles. The summed E-state index contributed by atoms with van der Waals surface area (Å²) in [6.07, 6.45) is 0.568. The number of nitrogens with zero attached hydrogens (tertiary/aromatic N) is 2. The van der Waals surface area contributed by atoms with E-state index >= 15 is 0 Å². The molecule has 0 unspecified atom stereocenters. The predicted molar refractivity (Wildman–Crippen MR) is 94.5 cm³/mol. The molecule has 2 aromatic rings. The minimum atomic E-state index is -1.76. The topological polar surface area (TPSA) is 73.6 Å². The van der Waals surface area contributed by atoms with Crippen molar-refractivity contribution in [2.75, 3.05) is 18.1 Å². The number of halogens is 1. The maximum atomic E-state index is 13.2. The van der Waals surface area contributed by atoms with E-state index in [2.05, 4.69) is 6.07 Å². The van der Waals surface area contributed by atoms with E-state index in [1.807, 2.05) is 0 Å². The Kier molecular flexibility index (Phi) is 4.66. The number of aliphatic hydroxyl groups is 1. The van der Waals surface area contributed by atoms with Crippen LogP contribution in [0.3, 0.4) is 0 Å². The molecule has 3 rings (SSSR count). The average molecular weight is 354 g/mol. The van der Waals surface area contributed by atoms with Crippen LogP contribution in [-0.2, 0) is 11.2 Å². The highest BCUT2D eigenvalue weighted by atomic mass is 19.1. The van der Waals surface area contributed by atoms with Gasteiger partial charge in [-0.2, -0.15) is 5.26 Å². The number of anilines is 1. The predicted octanol–water partition coefficient (Wildman–Crippen LogP) is 2.72. The van der Waals surface area contributed by atoms with Crippen molar-refractivity contribution in [2.45, 2.75) is 25.9 Å². The van der Waals surface area contributed by atoms with E-state index in [-0.39, 0.29) is 12.4 Å². The van der Waals surface area contributed by atoms with Gasteiger partial charge in [0, 0.05) is 12.2 Å². The summed E-state index contributed by atoms with van der Waals surface area (Å²) in [4.78, 5) is 14.3. The van der Waals surface area contributed by atoms with Gasteiger partial charge in [0.15, 0.2) is 5.60 Å². The summed E-state index contributed by atoms with van der Waals surface area (Å²) in [5, 5.41) is 19.8. The molecule has 0 aliphatic carbocycles. The van der Waals surface area contributed by atoms with Crippen molar-refractivity contribution in [3.63, 3.8) is 0 Å². The molecule has 1 aliphatic rings. The van der Waals surface area contributed by atoms with Gasteiger partial charge >= 0.3 is 0 Å². The quantitative estimate of drug-likeness (QED) is 0.916. The van der Waals surface area contributed by atoms with E-state index in [1.54, 1.807) is 25.1 Å². The van der Waals surface area contributed by atoms with Crippen LogP contribution in [0.25, 0.3) is 0 Å². The standard InChI is InChI=1S/C20H19FN2O3/c1-13-10-15(21)6-7-18(13)26-12-20(2,25)19(24)23-9-8-16-14(11-22)4-3-5-17(16)23/h3-7,10,25H,8-9,12H2,1-2H3/t20-/m0/s1. The van der Waals surface area contributed by atoms with Crippen molar-refractivity contribution in [1.29, 1.82) is 5.26 Å². The number of hydrogen-bond donors (Lipinski definition) is 1. The smallest absolute Gasteiger partial charge is 0.262 e. The summed E-state index contributed by atoms with van der Waals surface area (Å²) in [6.45, 7) is 3.22. The zero-order valence-electron chi connectivity index (χ0n) is 14.6. The van der Waals surface area contributed by atoms with Crippen LogP contribution in [0.2, 0.25) is 0 Å². The molecular formula is C20H19FN2O3. The molecule has 1 N–H and O–H groups in total. The monoisotopic (exact) mass is 354 g/mol. The summed E-state index contributed by atoms with van der Waals surface area (Å²) < 4.78 is 18.7. The molecule has 0 fully saturated rings. The van der Waals surface area contributed by atoms with Crippen LogP contribution < -0.4 is 9.64 Å². The Morgan fingerprint density at radius 2 is 2.19 bits per heavy atom. The summed E-state index contributed by atoms with van der Waals surface area (Å²) in [5.74, 6) is -0.459. The van der Waals surface area contributed by atoms with Crippen molar-refractivity contribution >= 4 is 11.6 Å². The summed E-state index contributed by atoms with van der Waals surface area (Å²) in [5.41, 5.74) is 0.821. The average Bonchev–Trinajstić information content (AvgIpc) is 3.04. The van der Waals surface area contributed by atoms with Gasteiger partial charge in [0.05, 0.1) is 11.6 Å². The van der Waals surface area contributed by atoms with Gasteiger partial charge in [0.2, 0.25) is 0 Å². The second-order valence-corrected chi connectivity index (χ2v) is 6.59. The molecule has 1 amide bonds. The van der Waals surface area contributed by atoms with Crippen molar-refractivity contribution in [3.8, 4) is 11.8 Å². The number of fused-ring (bicyclic) bond motifs is 1. The lowest BCUT2D eigenvalue weighted by Crippen LogP contribution is -2.50. The van der Waals surface area contributed by atoms with Gasteiger partial charge < -0.3 is 14.7 Å². The third-order valence-corrected chi connectivity index (χ3v) is 4.50. The fraction of sp³-hybridized carbons (Fsp3) is 0.300. The van der Waals surface area contributed by atoms with Crippen molar-refractivity contribution < 1.29 is 19.0 Å². The van der Waals surface area contributed by atoms with Gasteiger partial charge in [-0.25, -0.2) is 4.39 Å². The largest absolute Gasteiger partial charge is 0.490 e.